The van der Waals surface area contributed by atoms with Crippen LogP contribution in [-0.2, 0) is 14.4 Å². The molecule has 13 heteroatoms. The smallest absolute Gasteiger partial charge is 0.247 e. The van der Waals surface area contributed by atoms with Crippen LogP contribution in [0.1, 0.15) is 40.5 Å². The molecule has 0 aliphatic carbocycles. The van der Waals surface area contributed by atoms with Crippen LogP contribution in [0.5, 0.6) is 5.75 Å². The van der Waals surface area contributed by atoms with E-state index in [4.69, 9.17) is 4.74 Å². The fourth-order valence-corrected chi connectivity index (χ4v) is 6.14. The van der Waals surface area contributed by atoms with Gasteiger partial charge in [-0.2, -0.15) is 0 Å². The highest BCUT2D eigenvalue weighted by molar-refractivity contribution is 6.03. The van der Waals surface area contributed by atoms with Gasteiger partial charge in [-0.25, -0.2) is 9.97 Å². The average Bonchev–Trinajstić information content (AvgIpc) is 3.57. The third kappa shape index (κ3) is 7.79. The maximum atomic E-state index is 13.9. The van der Waals surface area contributed by atoms with E-state index in [0.717, 1.165) is 31.9 Å². The molecule has 2 fully saturated rings. The Labute approximate surface area is 282 Å². The molecule has 258 valence electrons. The van der Waals surface area contributed by atoms with Crippen molar-refractivity contribution in [3.05, 3.63) is 42.7 Å². The van der Waals surface area contributed by atoms with Crippen LogP contribution in [0.4, 0.5) is 22.9 Å². The Morgan fingerprint density at radius 1 is 1.00 bits per heavy atom. The molecule has 5 rings (SSSR count). The summed E-state index contributed by atoms with van der Waals surface area (Å²) >= 11 is 0. The molecule has 2 saturated heterocycles. The highest BCUT2D eigenvalue weighted by atomic mass is 16.5. The van der Waals surface area contributed by atoms with Crippen molar-refractivity contribution < 1.29 is 19.1 Å². The van der Waals surface area contributed by atoms with Gasteiger partial charge in [0.1, 0.15) is 30.0 Å². The van der Waals surface area contributed by atoms with Gasteiger partial charge in [0.2, 0.25) is 17.7 Å². The third-order valence-electron chi connectivity index (χ3n) is 9.28. The Hall–Kier alpha value is -4.49. The van der Waals surface area contributed by atoms with Crippen LogP contribution < -0.4 is 30.9 Å². The van der Waals surface area contributed by atoms with Gasteiger partial charge in [-0.3, -0.25) is 14.4 Å². The standard InChI is InChI=1S/C35H49N9O4/c1-22(36-5)32(45)41-30(35(2,3)4)34(47)44-14-8-9-28(44)33(46)40-27-19-25-26(20-29(27)48-7)37-21-38-31(25)39-23-10-12-24(13-11-23)43-17-15-42(6)16-18-43/h10-13,19-22,28,30,36H,8-9,14-18H2,1-7H3,(H,40,46)(H,41,45)(H,37,38,39)/t22-,28-,30+/m0/s1. The van der Waals surface area contributed by atoms with Crippen LogP contribution in [0.2, 0.25) is 0 Å². The number of ether oxygens (including phenoxy) is 1. The lowest BCUT2D eigenvalue weighted by Crippen LogP contribution is -2.59. The third-order valence-corrected chi connectivity index (χ3v) is 9.28. The number of nitrogens with one attached hydrogen (secondary N) is 4. The summed E-state index contributed by atoms with van der Waals surface area (Å²) in [5, 5.41) is 12.9. The lowest BCUT2D eigenvalue weighted by atomic mass is 9.85. The van der Waals surface area contributed by atoms with Gasteiger partial charge in [-0.05, 0) is 69.6 Å². The number of rotatable bonds is 10. The van der Waals surface area contributed by atoms with Gasteiger partial charge in [-0.1, -0.05) is 20.8 Å². The summed E-state index contributed by atoms with van der Waals surface area (Å²) in [4.78, 5) is 55.8. The first-order chi connectivity index (χ1) is 22.9. The van der Waals surface area contributed by atoms with Crippen LogP contribution in [0.3, 0.4) is 0 Å². The molecule has 2 aliphatic rings. The number of benzene rings is 2. The summed E-state index contributed by atoms with van der Waals surface area (Å²) < 4.78 is 5.65. The summed E-state index contributed by atoms with van der Waals surface area (Å²) in [6.07, 6.45) is 2.67. The van der Waals surface area contributed by atoms with Crippen LogP contribution >= 0.6 is 0 Å². The monoisotopic (exact) mass is 659 g/mol. The maximum Gasteiger partial charge on any atom is 0.247 e. The van der Waals surface area contributed by atoms with E-state index in [1.54, 1.807) is 31.0 Å². The molecule has 0 spiro atoms. The van der Waals surface area contributed by atoms with E-state index in [1.807, 2.05) is 32.9 Å². The fraction of sp³-hybridized carbons (Fsp3) is 0.514. The fourth-order valence-electron chi connectivity index (χ4n) is 6.14. The molecular formula is C35H49N9O4. The largest absolute Gasteiger partial charge is 0.494 e. The Morgan fingerprint density at radius 3 is 2.35 bits per heavy atom. The Morgan fingerprint density at radius 2 is 1.71 bits per heavy atom. The number of hydrogen-bond donors (Lipinski definition) is 4. The summed E-state index contributed by atoms with van der Waals surface area (Å²) in [6.45, 7) is 11.9. The van der Waals surface area contributed by atoms with Gasteiger partial charge in [-0.15, -0.1) is 0 Å². The number of likely N-dealkylation sites (N-methyl/N-ethyl adjacent to an activating group) is 2. The zero-order valence-corrected chi connectivity index (χ0v) is 29.1. The van der Waals surface area contributed by atoms with Crippen molar-refractivity contribution in [2.45, 2.75) is 58.7 Å². The molecule has 2 aliphatic heterocycles. The first-order valence-corrected chi connectivity index (χ1v) is 16.6. The van der Waals surface area contributed by atoms with Crippen LogP contribution in [0.25, 0.3) is 10.9 Å². The molecule has 3 amide bonds. The topological polar surface area (TPSA) is 144 Å². The van der Waals surface area contributed by atoms with E-state index in [0.29, 0.717) is 47.5 Å². The van der Waals surface area contributed by atoms with E-state index >= 15 is 0 Å². The SMILES string of the molecule is CN[C@@H](C)C(=O)N[C@H](C(=O)N1CCC[C@H]1C(=O)Nc1cc2c(Nc3ccc(N4CCN(C)CC4)cc3)ncnc2cc1OC)C(C)(C)C. The number of piperazine rings is 1. The maximum absolute atomic E-state index is 13.9. The second-order valence-corrected chi connectivity index (χ2v) is 13.8. The van der Waals surface area contributed by atoms with E-state index in [1.165, 1.54) is 19.1 Å². The van der Waals surface area contributed by atoms with Crippen LogP contribution in [0, 0.1) is 5.41 Å². The molecule has 0 radical (unpaired) electrons. The predicted octanol–water partition coefficient (Wildman–Crippen LogP) is 3.20. The summed E-state index contributed by atoms with van der Waals surface area (Å²) in [7, 11) is 5.37. The molecule has 0 saturated carbocycles. The van der Waals surface area contributed by atoms with E-state index < -0.39 is 23.5 Å². The molecule has 0 bridgehead atoms. The minimum Gasteiger partial charge on any atom is -0.494 e. The van der Waals surface area contributed by atoms with Gasteiger partial charge in [0.15, 0.2) is 0 Å². The van der Waals surface area contributed by atoms with Gasteiger partial charge < -0.3 is 40.7 Å². The van der Waals surface area contributed by atoms with Crippen molar-refractivity contribution in [2.24, 2.45) is 5.41 Å². The second kappa shape index (κ2) is 14.7. The molecule has 13 nitrogen and oxygen atoms in total. The summed E-state index contributed by atoms with van der Waals surface area (Å²) in [6, 6.07) is 9.87. The second-order valence-electron chi connectivity index (χ2n) is 13.8. The van der Waals surface area contributed by atoms with Gasteiger partial charge in [0.25, 0.3) is 0 Å². The minimum absolute atomic E-state index is 0.274. The number of fused-ring (bicyclic) bond motifs is 1. The summed E-state index contributed by atoms with van der Waals surface area (Å²) in [5.41, 5.74) is 2.58. The Kier molecular flexibility index (Phi) is 10.7. The molecule has 0 unspecified atom stereocenters. The number of nitrogens with zero attached hydrogens (tertiary/aromatic N) is 5. The Balaban J connectivity index is 1.35. The van der Waals surface area contributed by atoms with Crippen LogP contribution in [-0.4, -0.2) is 110 Å². The number of methoxy groups -OCH3 is 1. The number of anilines is 4. The first kappa shape index (κ1) is 34.8. The average molecular weight is 660 g/mol. The number of carbonyl (C=O) groups is 3. The number of carbonyl (C=O) groups excluding carboxylic acids is 3. The quantitative estimate of drug-likeness (QED) is 0.256. The van der Waals surface area contributed by atoms with Gasteiger partial charge in [0, 0.05) is 55.6 Å². The first-order valence-electron chi connectivity index (χ1n) is 16.6. The van der Waals surface area contributed by atoms with Crippen molar-refractivity contribution in [1.82, 2.24) is 30.4 Å². The molecule has 48 heavy (non-hydrogen) atoms. The molecule has 4 N–H and O–H groups in total. The zero-order valence-electron chi connectivity index (χ0n) is 29.1. The summed E-state index contributed by atoms with van der Waals surface area (Å²) in [5.74, 6) is 0.147. The lowest BCUT2D eigenvalue weighted by Gasteiger charge is -2.36. The molecular weight excluding hydrogens is 610 g/mol. The highest BCUT2D eigenvalue weighted by Crippen LogP contribution is 2.34. The van der Waals surface area contributed by atoms with E-state index in [-0.39, 0.29) is 17.7 Å². The molecule has 3 atom stereocenters. The van der Waals surface area contributed by atoms with Crippen molar-refractivity contribution in [2.75, 3.05) is 69.5 Å². The highest BCUT2D eigenvalue weighted by Gasteiger charge is 2.42. The molecule has 1 aromatic heterocycles. The van der Waals surface area contributed by atoms with Crippen molar-refractivity contribution >= 4 is 51.5 Å². The molecule has 3 heterocycles. The lowest BCUT2D eigenvalue weighted by molar-refractivity contribution is -0.143. The van der Waals surface area contributed by atoms with Crippen molar-refractivity contribution in [1.29, 1.82) is 0 Å². The molecule has 2 aromatic carbocycles. The van der Waals surface area contributed by atoms with Crippen molar-refractivity contribution in [3.8, 4) is 5.75 Å². The minimum atomic E-state index is -0.800. The van der Waals surface area contributed by atoms with E-state index in [2.05, 4.69) is 60.2 Å². The molecule has 3 aromatic rings. The number of aromatic nitrogens is 2. The van der Waals surface area contributed by atoms with Gasteiger partial charge in [0.05, 0.1) is 24.4 Å². The number of likely N-dealkylation sites (tertiary alicyclic amines) is 1. The van der Waals surface area contributed by atoms with E-state index in [9.17, 15) is 14.4 Å². The van der Waals surface area contributed by atoms with Gasteiger partial charge >= 0.3 is 0 Å². The normalized spacial score (nSPS) is 18.4. The predicted molar refractivity (Wildman–Crippen MR) is 189 cm³/mol. The van der Waals surface area contributed by atoms with Crippen molar-refractivity contribution in [3.63, 3.8) is 0 Å². The zero-order chi connectivity index (χ0) is 34.6. The van der Waals surface area contributed by atoms with Crippen LogP contribution in [0.15, 0.2) is 42.7 Å². The number of hydrogen-bond acceptors (Lipinski definition) is 10. The number of amides is 3. The Bertz CT molecular complexity index is 1620.